The predicted molar refractivity (Wildman–Crippen MR) is 84.9 cm³/mol. The Hall–Kier alpha value is -0.643. The van der Waals surface area contributed by atoms with Crippen LogP contribution in [-0.4, -0.2) is 26.1 Å². The van der Waals surface area contributed by atoms with Crippen LogP contribution in [0.2, 0.25) is 19.1 Å². The van der Waals surface area contributed by atoms with Gasteiger partial charge >= 0.3 is 0 Å². The predicted octanol–water partition coefficient (Wildman–Crippen LogP) is 3.53. The summed E-state index contributed by atoms with van der Waals surface area (Å²) in [5, 5.41) is 1.52. The van der Waals surface area contributed by atoms with Crippen molar-refractivity contribution in [2.24, 2.45) is 5.92 Å². The van der Waals surface area contributed by atoms with Gasteiger partial charge in [0.2, 0.25) is 0 Å². The smallest absolute Gasteiger partial charge is 0.169 e. The molecule has 1 aromatic rings. The summed E-state index contributed by atoms with van der Waals surface area (Å²) in [6.45, 7) is 10.2. The monoisotopic (exact) mass is 290 g/mol. The van der Waals surface area contributed by atoms with E-state index in [4.69, 9.17) is 9.47 Å². The largest absolute Gasteiger partial charge is 0.347 e. The molecule has 0 spiro atoms. The third-order valence-corrected chi connectivity index (χ3v) is 8.70. The molecule has 1 aromatic carbocycles. The van der Waals surface area contributed by atoms with Gasteiger partial charge in [0.1, 0.15) is 0 Å². The van der Waals surface area contributed by atoms with E-state index in [9.17, 15) is 0 Å². The normalized spacial score (nSPS) is 36.5. The standard InChI is InChI=1S/C17H26O2Si/c1-5-17-11-14(2)16(19-17,12-18-17)13-20(3,4)15-9-7-6-8-10-15/h6-10,14H,5,11-13H2,1-4H3/t14-,16+,17-/m1/s1. The van der Waals surface area contributed by atoms with Crippen LogP contribution in [0.15, 0.2) is 30.3 Å². The summed E-state index contributed by atoms with van der Waals surface area (Å²) in [5.41, 5.74) is -0.0401. The maximum absolute atomic E-state index is 6.48. The second kappa shape index (κ2) is 4.69. The lowest BCUT2D eigenvalue weighted by Gasteiger charge is -2.36. The summed E-state index contributed by atoms with van der Waals surface area (Å²) in [6, 6.07) is 12.1. The van der Waals surface area contributed by atoms with Gasteiger partial charge in [-0.15, -0.1) is 0 Å². The molecule has 0 unspecified atom stereocenters. The van der Waals surface area contributed by atoms with E-state index in [1.807, 2.05) is 0 Å². The molecule has 0 aliphatic carbocycles. The van der Waals surface area contributed by atoms with Gasteiger partial charge in [-0.05, 0) is 18.4 Å². The Morgan fingerprint density at radius 1 is 1.25 bits per heavy atom. The molecule has 3 heteroatoms. The van der Waals surface area contributed by atoms with Crippen LogP contribution in [0.5, 0.6) is 0 Å². The summed E-state index contributed by atoms with van der Waals surface area (Å²) >= 11 is 0. The zero-order valence-electron chi connectivity index (χ0n) is 13.1. The number of benzene rings is 1. The highest BCUT2D eigenvalue weighted by Gasteiger charge is 2.61. The van der Waals surface area contributed by atoms with E-state index >= 15 is 0 Å². The van der Waals surface area contributed by atoms with E-state index in [1.165, 1.54) is 5.19 Å². The lowest BCUT2D eigenvalue weighted by atomic mass is 9.87. The topological polar surface area (TPSA) is 18.5 Å². The van der Waals surface area contributed by atoms with E-state index in [0.717, 1.165) is 25.5 Å². The van der Waals surface area contributed by atoms with Crippen LogP contribution in [0.1, 0.15) is 26.7 Å². The van der Waals surface area contributed by atoms with E-state index in [1.54, 1.807) is 0 Å². The molecule has 2 nitrogen and oxygen atoms in total. The van der Waals surface area contributed by atoms with Gasteiger partial charge in [0.25, 0.3) is 0 Å². The fourth-order valence-corrected chi connectivity index (χ4v) is 7.32. The lowest BCUT2D eigenvalue weighted by molar-refractivity contribution is -0.153. The second-order valence-corrected chi connectivity index (χ2v) is 12.0. The van der Waals surface area contributed by atoms with Crippen LogP contribution >= 0.6 is 0 Å². The minimum atomic E-state index is -1.50. The lowest BCUT2D eigenvalue weighted by Crippen LogP contribution is -2.51. The molecule has 0 N–H and O–H groups in total. The van der Waals surface area contributed by atoms with E-state index in [2.05, 4.69) is 57.3 Å². The molecule has 0 radical (unpaired) electrons. The number of rotatable bonds is 4. The Morgan fingerprint density at radius 3 is 2.50 bits per heavy atom. The fourth-order valence-electron chi connectivity index (χ4n) is 4.00. The average Bonchev–Trinajstić information content (AvgIpc) is 2.92. The molecule has 0 amide bonds. The van der Waals surface area contributed by atoms with Crippen LogP contribution in [-0.2, 0) is 9.47 Å². The van der Waals surface area contributed by atoms with Crippen LogP contribution in [0.4, 0.5) is 0 Å². The van der Waals surface area contributed by atoms with E-state index in [-0.39, 0.29) is 11.4 Å². The molecular formula is C17H26O2Si. The van der Waals surface area contributed by atoms with Gasteiger partial charge in [-0.1, -0.05) is 62.5 Å². The molecule has 0 saturated carbocycles. The van der Waals surface area contributed by atoms with Crippen molar-refractivity contribution in [3.63, 3.8) is 0 Å². The maximum Gasteiger partial charge on any atom is 0.169 e. The van der Waals surface area contributed by atoms with Gasteiger partial charge in [0, 0.05) is 6.42 Å². The first-order chi connectivity index (χ1) is 9.41. The quantitative estimate of drug-likeness (QED) is 0.790. The maximum atomic E-state index is 6.48. The summed E-state index contributed by atoms with van der Waals surface area (Å²) in [4.78, 5) is 0. The molecule has 2 aliphatic heterocycles. The van der Waals surface area contributed by atoms with Crippen molar-refractivity contribution in [3.8, 4) is 0 Å². The van der Waals surface area contributed by atoms with Gasteiger partial charge in [0.05, 0.1) is 20.3 Å². The molecule has 2 saturated heterocycles. The summed E-state index contributed by atoms with van der Waals surface area (Å²) in [6.07, 6.45) is 2.02. The van der Waals surface area contributed by atoms with Crippen molar-refractivity contribution in [2.75, 3.05) is 6.61 Å². The van der Waals surface area contributed by atoms with Gasteiger partial charge < -0.3 is 9.47 Å². The van der Waals surface area contributed by atoms with Crippen LogP contribution in [0, 0.1) is 5.92 Å². The molecule has 2 heterocycles. The molecular weight excluding hydrogens is 264 g/mol. The summed E-state index contributed by atoms with van der Waals surface area (Å²) in [5.74, 6) is 0.326. The SMILES string of the molecule is CC[C@@]12C[C@@H](C)[C@@](C[Si](C)(C)c3ccccc3)(CO1)O2. The van der Waals surface area contributed by atoms with Crippen LogP contribution < -0.4 is 5.19 Å². The second-order valence-electron chi connectivity index (χ2n) is 7.25. The van der Waals surface area contributed by atoms with Crippen molar-refractivity contribution in [2.45, 2.75) is 57.2 Å². The first-order valence-corrected chi connectivity index (χ1v) is 11.0. The number of fused-ring (bicyclic) bond motifs is 2. The highest BCUT2D eigenvalue weighted by molar-refractivity contribution is 6.90. The average molecular weight is 290 g/mol. The molecule has 20 heavy (non-hydrogen) atoms. The summed E-state index contributed by atoms with van der Waals surface area (Å²) < 4.78 is 12.5. The first kappa shape index (κ1) is 14.3. The number of ether oxygens (including phenoxy) is 2. The Kier molecular flexibility index (Phi) is 3.35. The van der Waals surface area contributed by atoms with Gasteiger partial charge in [-0.2, -0.15) is 0 Å². The Balaban J connectivity index is 1.84. The van der Waals surface area contributed by atoms with Gasteiger partial charge in [-0.25, -0.2) is 0 Å². The molecule has 2 bridgehead atoms. The Bertz CT molecular complexity index is 487. The fraction of sp³-hybridized carbons (Fsp3) is 0.647. The van der Waals surface area contributed by atoms with Crippen LogP contribution in [0.25, 0.3) is 0 Å². The molecule has 0 aromatic heterocycles. The molecule has 3 atom stereocenters. The zero-order chi connectivity index (χ0) is 14.4. The third kappa shape index (κ3) is 2.16. The van der Waals surface area contributed by atoms with Gasteiger partial charge in [-0.3, -0.25) is 0 Å². The van der Waals surface area contributed by atoms with Crippen molar-refractivity contribution in [3.05, 3.63) is 30.3 Å². The minimum absolute atomic E-state index is 0.0401. The van der Waals surface area contributed by atoms with Crippen molar-refractivity contribution < 1.29 is 9.47 Å². The summed E-state index contributed by atoms with van der Waals surface area (Å²) in [7, 11) is -1.50. The number of hydrogen-bond acceptors (Lipinski definition) is 2. The Labute approximate surface area is 123 Å². The highest BCUT2D eigenvalue weighted by Crippen LogP contribution is 2.54. The molecule has 3 rings (SSSR count). The van der Waals surface area contributed by atoms with E-state index < -0.39 is 8.07 Å². The van der Waals surface area contributed by atoms with Crippen LogP contribution in [0.3, 0.4) is 0 Å². The van der Waals surface area contributed by atoms with Gasteiger partial charge in [0.15, 0.2) is 5.79 Å². The first-order valence-electron chi connectivity index (χ1n) is 7.81. The molecule has 2 fully saturated rings. The van der Waals surface area contributed by atoms with Crippen molar-refractivity contribution in [1.29, 1.82) is 0 Å². The number of hydrogen-bond donors (Lipinski definition) is 0. The van der Waals surface area contributed by atoms with Crippen molar-refractivity contribution in [1.82, 2.24) is 0 Å². The Morgan fingerprint density at radius 2 is 1.95 bits per heavy atom. The minimum Gasteiger partial charge on any atom is -0.347 e. The van der Waals surface area contributed by atoms with E-state index in [0.29, 0.717) is 5.92 Å². The molecule has 2 aliphatic rings. The zero-order valence-corrected chi connectivity index (χ0v) is 14.1. The molecule has 110 valence electrons. The van der Waals surface area contributed by atoms with Crippen molar-refractivity contribution >= 4 is 13.3 Å². The third-order valence-electron chi connectivity index (χ3n) is 5.32. The highest BCUT2D eigenvalue weighted by atomic mass is 28.3.